The second kappa shape index (κ2) is 3.52. The van der Waals surface area contributed by atoms with Crippen LogP contribution in [0.25, 0.3) is 0 Å². The van der Waals surface area contributed by atoms with E-state index in [1.165, 1.54) is 0 Å². The van der Waals surface area contributed by atoms with E-state index in [9.17, 15) is 4.79 Å². The van der Waals surface area contributed by atoms with Crippen molar-refractivity contribution >= 4 is 5.78 Å². The monoisotopic (exact) mass is 223 g/mol. The molecule has 0 unspecified atom stereocenters. The van der Waals surface area contributed by atoms with E-state index in [2.05, 4.69) is 28.8 Å². The van der Waals surface area contributed by atoms with Crippen molar-refractivity contribution in [1.82, 2.24) is 14.7 Å². The lowest BCUT2D eigenvalue weighted by molar-refractivity contribution is -0.157. The van der Waals surface area contributed by atoms with Gasteiger partial charge in [-0.2, -0.15) is 0 Å². The second-order valence-corrected chi connectivity index (χ2v) is 5.83. The van der Waals surface area contributed by atoms with E-state index >= 15 is 0 Å². The minimum absolute atomic E-state index is 0.178. The van der Waals surface area contributed by atoms with Crippen LogP contribution in [0, 0.1) is 5.92 Å². The Morgan fingerprint density at radius 2 is 1.69 bits per heavy atom. The molecule has 16 heavy (non-hydrogen) atoms. The Hall–Kier alpha value is -0.450. The average Bonchev–Trinajstić information content (AvgIpc) is 2.25. The summed E-state index contributed by atoms with van der Waals surface area (Å²) >= 11 is 0. The van der Waals surface area contributed by atoms with E-state index in [0.29, 0.717) is 11.7 Å². The molecule has 4 aliphatic heterocycles. The van der Waals surface area contributed by atoms with Crippen LogP contribution in [0.4, 0.5) is 0 Å². The van der Waals surface area contributed by atoms with Gasteiger partial charge in [0.2, 0.25) is 0 Å². The number of hydrogen-bond acceptors (Lipinski definition) is 4. The lowest BCUT2D eigenvalue weighted by Crippen LogP contribution is -2.74. The normalized spacial score (nSPS) is 39.5. The van der Waals surface area contributed by atoms with Crippen molar-refractivity contribution in [1.29, 1.82) is 0 Å². The fraction of sp³-hybridized carbons (Fsp3) is 0.917. The summed E-state index contributed by atoms with van der Waals surface area (Å²) in [6, 6.07) is 0. The minimum atomic E-state index is -0.178. The molecular formula is C12H21N3O. The molecule has 2 bridgehead atoms. The number of carbonyl (C=O) groups excluding carboxylic acids is 1. The van der Waals surface area contributed by atoms with Gasteiger partial charge in [0.05, 0.1) is 6.67 Å². The van der Waals surface area contributed by atoms with E-state index in [-0.39, 0.29) is 5.54 Å². The third-order valence-corrected chi connectivity index (χ3v) is 4.48. The van der Waals surface area contributed by atoms with Crippen LogP contribution in [-0.4, -0.2) is 73.0 Å². The standard InChI is InChI=1S/C12H21N3O/c1-13-7-12(8-14(2)9-13)11(16)10-3-5-15(12)6-4-10/h10H,3-9H2,1-2H3. The number of likely N-dealkylation sites (N-methyl/N-ethyl adjacent to an activating group) is 2. The van der Waals surface area contributed by atoms with Gasteiger partial charge in [-0.05, 0) is 40.0 Å². The smallest absolute Gasteiger partial charge is 0.158 e. The Labute approximate surface area is 97.2 Å². The molecule has 0 saturated carbocycles. The lowest BCUT2D eigenvalue weighted by Gasteiger charge is -2.57. The number of piperidine rings is 3. The van der Waals surface area contributed by atoms with Gasteiger partial charge in [0.25, 0.3) is 0 Å². The lowest BCUT2D eigenvalue weighted by atomic mass is 9.72. The topological polar surface area (TPSA) is 26.8 Å². The summed E-state index contributed by atoms with van der Waals surface area (Å²) < 4.78 is 0. The van der Waals surface area contributed by atoms with Crippen molar-refractivity contribution in [2.45, 2.75) is 18.4 Å². The maximum Gasteiger partial charge on any atom is 0.158 e. The highest BCUT2D eigenvalue weighted by Crippen LogP contribution is 2.38. The number of ketones is 1. The van der Waals surface area contributed by atoms with Crippen LogP contribution >= 0.6 is 0 Å². The Balaban J connectivity index is 1.93. The summed E-state index contributed by atoms with van der Waals surface area (Å²) in [5, 5.41) is 0. The zero-order chi connectivity index (χ0) is 11.3. The number of fused-ring (bicyclic) bond motifs is 2. The van der Waals surface area contributed by atoms with E-state index in [4.69, 9.17) is 0 Å². The number of nitrogens with zero attached hydrogens (tertiary/aromatic N) is 3. The van der Waals surface area contributed by atoms with Crippen LogP contribution in [-0.2, 0) is 4.79 Å². The first kappa shape index (κ1) is 10.7. The van der Waals surface area contributed by atoms with Crippen LogP contribution in [0.3, 0.4) is 0 Å². The Morgan fingerprint density at radius 1 is 1.12 bits per heavy atom. The maximum absolute atomic E-state index is 12.6. The first-order chi connectivity index (χ1) is 7.62. The molecule has 4 fully saturated rings. The molecule has 4 nitrogen and oxygen atoms in total. The largest absolute Gasteiger partial charge is 0.297 e. The van der Waals surface area contributed by atoms with E-state index in [1.54, 1.807) is 0 Å². The Kier molecular flexibility index (Phi) is 2.35. The van der Waals surface area contributed by atoms with Gasteiger partial charge in [-0.25, -0.2) is 0 Å². The molecule has 0 radical (unpaired) electrons. The molecule has 0 amide bonds. The van der Waals surface area contributed by atoms with Crippen LogP contribution in [0.15, 0.2) is 0 Å². The first-order valence-electron chi connectivity index (χ1n) is 6.28. The van der Waals surface area contributed by atoms with Crippen molar-refractivity contribution in [3.63, 3.8) is 0 Å². The molecule has 0 aromatic heterocycles. The molecular weight excluding hydrogens is 202 g/mol. The SMILES string of the molecule is CN1CN(C)CC2(C1)C(=O)C1CCN2CC1. The predicted molar refractivity (Wildman–Crippen MR) is 62.2 cm³/mol. The molecule has 4 rings (SSSR count). The number of rotatable bonds is 0. The van der Waals surface area contributed by atoms with Gasteiger partial charge < -0.3 is 0 Å². The quantitative estimate of drug-likeness (QED) is 0.571. The fourth-order valence-electron chi connectivity index (χ4n) is 3.92. The molecule has 90 valence electrons. The molecule has 4 aliphatic rings. The average molecular weight is 223 g/mol. The predicted octanol–water partition coefficient (Wildman–Crippen LogP) is -0.145. The van der Waals surface area contributed by atoms with Crippen LogP contribution in [0.5, 0.6) is 0 Å². The Morgan fingerprint density at radius 3 is 2.19 bits per heavy atom. The first-order valence-corrected chi connectivity index (χ1v) is 6.28. The van der Waals surface area contributed by atoms with Gasteiger partial charge in [-0.1, -0.05) is 0 Å². The van der Waals surface area contributed by atoms with Crippen LogP contribution < -0.4 is 0 Å². The van der Waals surface area contributed by atoms with Crippen LogP contribution in [0.2, 0.25) is 0 Å². The summed E-state index contributed by atoms with van der Waals surface area (Å²) in [6.07, 6.45) is 2.18. The van der Waals surface area contributed by atoms with Crippen molar-refractivity contribution < 1.29 is 4.79 Å². The zero-order valence-corrected chi connectivity index (χ0v) is 10.3. The molecule has 0 atom stereocenters. The number of hydrogen-bond donors (Lipinski definition) is 0. The van der Waals surface area contributed by atoms with Gasteiger partial charge in [-0.15, -0.1) is 0 Å². The van der Waals surface area contributed by atoms with Crippen molar-refractivity contribution in [3.8, 4) is 0 Å². The maximum atomic E-state index is 12.6. The zero-order valence-electron chi connectivity index (χ0n) is 10.3. The van der Waals surface area contributed by atoms with Gasteiger partial charge >= 0.3 is 0 Å². The van der Waals surface area contributed by atoms with Crippen molar-refractivity contribution in [2.75, 3.05) is 46.9 Å². The molecule has 4 saturated heterocycles. The number of Topliss-reactive ketones (excluding diaryl/α,β-unsaturated/α-hetero) is 1. The minimum Gasteiger partial charge on any atom is -0.297 e. The molecule has 0 aromatic carbocycles. The number of carbonyl (C=O) groups is 1. The second-order valence-electron chi connectivity index (χ2n) is 5.83. The summed E-state index contributed by atoms with van der Waals surface area (Å²) in [5.74, 6) is 0.869. The van der Waals surface area contributed by atoms with Gasteiger partial charge in [-0.3, -0.25) is 19.5 Å². The van der Waals surface area contributed by atoms with Gasteiger partial charge in [0.15, 0.2) is 5.78 Å². The molecule has 4 heterocycles. The third kappa shape index (κ3) is 1.36. The summed E-state index contributed by atoms with van der Waals surface area (Å²) in [4.78, 5) is 19.6. The van der Waals surface area contributed by atoms with Crippen LogP contribution in [0.1, 0.15) is 12.8 Å². The van der Waals surface area contributed by atoms with Crippen molar-refractivity contribution in [3.05, 3.63) is 0 Å². The highest BCUT2D eigenvalue weighted by molar-refractivity contribution is 5.92. The molecule has 4 heteroatoms. The van der Waals surface area contributed by atoms with Gasteiger partial charge in [0.1, 0.15) is 5.54 Å². The summed E-state index contributed by atoms with van der Waals surface area (Å²) in [6.45, 7) is 5.07. The molecule has 0 aliphatic carbocycles. The molecule has 0 aromatic rings. The van der Waals surface area contributed by atoms with E-state index < -0.39 is 0 Å². The van der Waals surface area contributed by atoms with Crippen molar-refractivity contribution in [2.24, 2.45) is 5.92 Å². The van der Waals surface area contributed by atoms with E-state index in [0.717, 1.165) is 45.7 Å². The highest BCUT2D eigenvalue weighted by Gasteiger charge is 2.54. The fourth-order valence-corrected chi connectivity index (χ4v) is 3.92. The van der Waals surface area contributed by atoms with E-state index in [1.807, 2.05) is 0 Å². The summed E-state index contributed by atoms with van der Waals surface area (Å²) in [7, 11) is 4.24. The molecule has 1 spiro atoms. The third-order valence-electron chi connectivity index (χ3n) is 4.48. The highest BCUT2D eigenvalue weighted by atomic mass is 16.1. The summed E-state index contributed by atoms with van der Waals surface area (Å²) in [5.41, 5.74) is -0.178. The van der Waals surface area contributed by atoms with Gasteiger partial charge in [0, 0.05) is 19.0 Å². The molecule has 0 N–H and O–H groups in total. The Bertz CT molecular complexity index is 299.